The fraction of sp³-hybridized carbons (Fsp3) is 0.786. The second-order valence-electron chi connectivity index (χ2n) is 10.0. The lowest BCUT2D eigenvalue weighted by atomic mass is 11.0. The van der Waals surface area contributed by atoms with Gasteiger partial charge in [-0.05, 0) is 92.4 Å². The molecule has 0 radical (unpaired) electrons. The van der Waals surface area contributed by atoms with E-state index in [-0.39, 0.29) is 0 Å². The molecule has 0 saturated heterocycles. The third-order valence-electron chi connectivity index (χ3n) is 0.401. The van der Waals surface area contributed by atoms with Crippen LogP contribution in [0.25, 0.3) is 0 Å². The molecule has 254 valence electrons. The molecule has 0 rings (SSSR count). The number of hydrogen-bond donors (Lipinski definition) is 0. The van der Waals surface area contributed by atoms with Crippen molar-refractivity contribution in [1.82, 2.24) is 4.90 Å². The molecule has 0 bridgehead atoms. The second-order valence-corrected chi connectivity index (χ2v) is 25.9. The molecule has 0 amide bonds. The highest BCUT2D eigenvalue weighted by Gasteiger charge is 1.99. The summed E-state index contributed by atoms with van der Waals surface area (Å²) in [7, 11) is 13.7. The van der Waals surface area contributed by atoms with Gasteiger partial charge in [-0.25, -0.2) is 4.21 Å². The van der Waals surface area contributed by atoms with E-state index in [1.54, 1.807) is 40.1 Å². The molecule has 0 aliphatic rings. The summed E-state index contributed by atoms with van der Waals surface area (Å²) in [5, 5.41) is 0. The zero-order chi connectivity index (χ0) is 36.0. The van der Waals surface area contributed by atoms with Crippen LogP contribution in [0.15, 0.2) is 18.2 Å². The number of ether oxygens (including phenoxy) is 1. The van der Waals surface area contributed by atoms with E-state index < -0.39 is 26.0 Å². The van der Waals surface area contributed by atoms with E-state index in [0.29, 0.717) is 7.92 Å². The molecular weight excluding hydrogens is 615 g/mol. The highest BCUT2D eigenvalue weighted by Crippen LogP contribution is 2.27. The Kier molecular flexibility index (Phi) is 141. The van der Waals surface area contributed by atoms with Crippen molar-refractivity contribution in [2.75, 3.05) is 122 Å². The quantitative estimate of drug-likeness (QED) is 0.0722. The minimum absolute atomic E-state index is 0.380. The molecule has 1 atom stereocenters. The van der Waals surface area contributed by atoms with Crippen LogP contribution in [0.5, 0.6) is 0 Å². The summed E-state index contributed by atoms with van der Waals surface area (Å²) in [6, 6.07) is 0. The largest absolute Gasteiger partial charge is 0.388 e. The maximum Gasteiger partial charge on any atom is 0.151 e. The van der Waals surface area contributed by atoms with E-state index >= 15 is 0 Å². The molecule has 6 nitrogen and oxygen atoms in total. The molecular formula is C28H76N2O4P2S3Si. The molecule has 1 unspecified atom stereocenters. The van der Waals surface area contributed by atoms with E-state index in [9.17, 15) is 4.21 Å². The standard InChI is InChI=1S/C4H11P.C4H12Si.C3H9N.C3H9P.C2H5N.C2H6O2S.C2H6OS.C2H6O.C2H6S.C2H4.C2H2/c2*1-5(2,3)4;2*1-4(2)3;1-3-2;1-4-5(2)3;1-3-4-2;2*1-3-2;2*1-2/h1H2,2-4H3;1-4H3;2*1-3H3;1H2,2H3;1-2H3;1-2H3;2*1-2H3;1-2H2;1-2H. The van der Waals surface area contributed by atoms with Crippen molar-refractivity contribution in [2.45, 2.75) is 26.2 Å². The van der Waals surface area contributed by atoms with Crippen LogP contribution in [0, 0.1) is 12.8 Å². The van der Waals surface area contributed by atoms with Crippen molar-refractivity contribution < 1.29 is 17.3 Å². The van der Waals surface area contributed by atoms with Crippen LogP contribution in [-0.4, -0.2) is 152 Å². The Balaban J connectivity index is -0.0000000260. The zero-order valence-electron chi connectivity index (χ0n) is 31.1. The molecule has 0 heterocycles. The van der Waals surface area contributed by atoms with E-state index in [1.807, 2.05) is 44.8 Å². The SMILES string of the molecule is C#C.C=C.C=NC.C=P(C)(C)C.CN(C)C.COC.COS(C)=O.COSC.CP(C)C.CSC.C[Si](C)(C)C. The normalized spacial score (nSPS) is 8.75. The summed E-state index contributed by atoms with van der Waals surface area (Å²) in [6.07, 6.45) is 19.3. The van der Waals surface area contributed by atoms with Crippen LogP contribution in [0.2, 0.25) is 26.2 Å². The predicted molar refractivity (Wildman–Crippen MR) is 216 cm³/mol. The van der Waals surface area contributed by atoms with Gasteiger partial charge in [0.05, 0.1) is 14.2 Å². The maximum atomic E-state index is 9.70. The molecule has 0 aliphatic heterocycles. The molecule has 40 heavy (non-hydrogen) atoms. The lowest BCUT2D eigenvalue weighted by molar-refractivity contribution is 0.277. The summed E-state index contributed by atoms with van der Waals surface area (Å²) >= 11 is 2.03. The van der Waals surface area contributed by atoms with Crippen LogP contribution in [-0.2, 0) is 24.2 Å². The highest BCUT2D eigenvalue weighted by atomic mass is 32.2. The topological polar surface area (TPSA) is 60.4 Å². The molecule has 0 aromatic heterocycles. The van der Waals surface area contributed by atoms with Gasteiger partial charge >= 0.3 is 0 Å². The number of terminal acetylenes is 1. The monoisotopic (exact) mass is 690 g/mol. The van der Waals surface area contributed by atoms with Crippen molar-refractivity contribution in [2.24, 2.45) is 4.99 Å². The van der Waals surface area contributed by atoms with E-state index in [0.717, 1.165) is 0 Å². The number of aliphatic imine (C=N–C) groups is 1. The third kappa shape index (κ3) is 4200. The lowest BCUT2D eigenvalue weighted by Gasteiger charge is -2.01. The Morgan fingerprint density at radius 3 is 0.950 bits per heavy atom. The highest BCUT2D eigenvalue weighted by molar-refractivity contribution is 7.97. The fourth-order valence-electron chi connectivity index (χ4n) is 0. The van der Waals surface area contributed by atoms with Crippen LogP contribution < -0.4 is 0 Å². The van der Waals surface area contributed by atoms with Crippen molar-refractivity contribution >= 4 is 70.8 Å². The van der Waals surface area contributed by atoms with Crippen LogP contribution in [0.3, 0.4) is 0 Å². The molecule has 0 aromatic carbocycles. The van der Waals surface area contributed by atoms with Gasteiger partial charge in [0.2, 0.25) is 0 Å². The lowest BCUT2D eigenvalue weighted by Crippen LogP contribution is -2.10. The van der Waals surface area contributed by atoms with Gasteiger partial charge in [0.1, 0.15) is 0 Å². The van der Waals surface area contributed by atoms with E-state index in [4.69, 9.17) is 0 Å². The first-order chi connectivity index (χ1) is 17.9. The molecule has 0 aliphatic carbocycles. The average molecular weight is 691 g/mol. The van der Waals surface area contributed by atoms with Gasteiger partial charge in [-0.15, -0.1) is 47.1 Å². The first kappa shape index (κ1) is 72.7. The van der Waals surface area contributed by atoms with Gasteiger partial charge < -0.3 is 18.8 Å². The molecule has 0 aromatic rings. The third-order valence-corrected chi connectivity index (χ3v) is 1.20. The smallest absolute Gasteiger partial charge is 0.151 e. The summed E-state index contributed by atoms with van der Waals surface area (Å²) in [6.45, 7) is 31.0. The maximum absolute atomic E-state index is 9.70. The molecule has 0 fully saturated rings. The van der Waals surface area contributed by atoms with Gasteiger partial charge in [0.25, 0.3) is 0 Å². The number of methoxy groups -OCH3 is 1. The number of rotatable bonds is 2. The first-order valence-corrected chi connectivity index (χ1v) is 26.0. The predicted octanol–water partition coefficient (Wildman–Crippen LogP) is 8.26. The van der Waals surface area contributed by atoms with Crippen LogP contribution in [0.4, 0.5) is 0 Å². The average Bonchev–Trinajstić information content (AvgIpc) is 2.75. The molecule has 12 heteroatoms. The minimum Gasteiger partial charge on any atom is -0.388 e. The first-order valence-electron chi connectivity index (χ1n) is 11.7. The van der Waals surface area contributed by atoms with Crippen molar-refractivity contribution in [3.63, 3.8) is 0 Å². The second kappa shape index (κ2) is 77.5. The molecule has 0 saturated carbocycles. The van der Waals surface area contributed by atoms with Gasteiger partial charge in [-0.1, -0.05) is 26.2 Å². The Bertz CT molecular complexity index is 421. The molecule has 0 spiro atoms. The number of nitrogens with zero attached hydrogens (tertiary/aromatic N) is 2. The Labute approximate surface area is 270 Å². The van der Waals surface area contributed by atoms with E-state index in [1.165, 1.54) is 25.4 Å². The van der Waals surface area contributed by atoms with Crippen molar-refractivity contribution in [1.29, 1.82) is 0 Å². The summed E-state index contributed by atoms with van der Waals surface area (Å²) < 4.78 is 22.6. The number of hydrogen-bond acceptors (Lipinski definition) is 8. The van der Waals surface area contributed by atoms with Gasteiger partial charge in [-0.2, -0.15) is 11.8 Å². The molecule has 0 N–H and O–H groups in total. The summed E-state index contributed by atoms with van der Waals surface area (Å²) in [5.74, 6) is 0. The zero-order valence-corrected chi connectivity index (χ0v) is 36.4. The van der Waals surface area contributed by atoms with E-state index in [2.05, 4.69) is 123 Å². The van der Waals surface area contributed by atoms with Gasteiger partial charge in [-0.3, -0.25) is 4.18 Å². The Morgan fingerprint density at radius 1 is 0.900 bits per heavy atom. The fourth-order valence-corrected chi connectivity index (χ4v) is 0. The van der Waals surface area contributed by atoms with Crippen molar-refractivity contribution in [3.05, 3.63) is 13.2 Å². The Morgan fingerprint density at radius 2 is 0.950 bits per heavy atom. The number of thioether (sulfide) groups is 1. The van der Waals surface area contributed by atoms with Crippen LogP contribution in [0.1, 0.15) is 0 Å². The Hall–Kier alpha value is 0.607. The van der Waals surface area contributed by atoms with Crippen LogP contribution >= 0.6 is 38.6 Å². The summed E-state index contributed by atoms with van der Waals surface area (Å²) in [5.41, 5.74) is 0. The van der Waals surface area contributed by atoms with Gasteiger partial charge in [0, 0.05) is 41.9 Å². The minimum atomic E-state index is -1.07. The summed E-state index contributed by atoms with van der Waals surface area (Å²) in [4.78, 5) is 5.25. The van der Waals surface area contributed by atoms with Crippen molar-refractivity contribution in [3.8, 4) is 12.8 Å². The van der Waals surface area contributed by atoms with Gasteiger partial charge in [0.15, 0.2) is 11.1 Å².